The maximum atomic E-state index is 11.4. The van der Waals surface area contributed by atoms with Gasteiger partial charge in [0.15, 0.2) is 0 Å². The predicted molar refractivity (Wildman–Crippen MR) is 86.2 cm³/mol. The van der Waals surface area contributed by atoms with Crippen LogP contribution in [-0.2, 0) is 4.79 Å². The molecule has 0 bridgehead atoms. The summed E-state index contributed by atoms with van der Waals surface area (Å²) in [5.74, 6) is -0.123. The first kappa shape index (κ1) is 13.8. The van der Waals surface area contributed by atoms with Gasteiger partial charge in [-0.25, -0.2) is 0 Å². The molecule has 0 saturated carbocycles. The largest absolute Gasteiger partial charge is 0.378 e. The highest BCUT2D eigenvalue weighted by Crippen LogP contribution is 2.23. The highest BCUT2D eigenvalue weighted by molar-refractivity contribution is 8.26. The summed E-state index contributed by atoms with van der Waals surface area (Å²) in [6.45, 7) is 0. The van der Waals surface area contributed by atoms with Crippen LogP contribution in [0.1, 0.15) is 5.56 Å². The molecule has 1 heterocycles. The van der Waals surface area contributed by atoms with Crippen LogP contribution in [0.25, 0.3) is 6.08 Å². The topological polar surface area (TPSA) is 32.3 Å². The van der Waals surface area contributed by atoms with E-state index in [1.165, 1.54) is 11.8 Å². The number of rotatable bonds is 3. The van der Waals surface area contributed by atoms with E-state index in [1.54, 1.807) is 6.08 Å². The number of nitrogens with one attached hydrogen (secondary N) is 1. The lowest BCUT2D eigenvalue weighted by Gasteiger charge is -2.11. The molecule has 1 aromatic carbocycles. The number of hydrogen-bond acceptors (Lipinski definition) is 4. The van der Waals surface area contributed by atoms with Crippen LogP contribution in [-0.4, -0.2) is 24.3 Å². The summed E-state index contributed by atoms with van der Waals surface area (Å²) in [5.41, 5.74) is 2.25. The van der Waals surface area contributed by atoms with Crippen LogP contribution in [0.4, 0.5) is 5.69 Å². The number of carbonyl (C=O) groups is 1. The molecule has 98 valence electrons. The number of nitrogens with zero attached hydrogens (tertiary/aromatic N) is 1. The first-order valence-corrected chi connectivity index (χ1v) is 6.97. The van der Waals surface area contributed by atoms with Crippen molar-refractivity contribution in [3.8, 4) is 0 Å². The fourth-order valence-corrected chi connectivity index (χ4v) is 2.56. The molecule has 1 aliphatic heterocycles. The third-order valence-corrected chi connectivity index (χ3v) is 3.77. The van der Waals surface area contributed by atoms with Crippen LogP contribution in [0.5, 0.6) is 0 Å². The van der Waals surface area contributed by atoms with E-state index in [1.807, 2.05) is 38.4 Å². The third kappa shape index (κ3) is 3.68. The van der Waals surface area contributed by atoms with Gasteiger partial charge in [-0.15, -0.1) is 0 Å². The molecule has 0 aromatic heterocycles. The Morgan fingerprint density at radius 1 is 1.26 bits per heavy atom. The second-order valence-corrected chi connectivity index (χ2v) is 5.94. The van der Waals surface area contributed by atoms with E-state index in [0.29, 0.717) is 9.23 Å². The second-order valence-electron chi connectivity index (χ2n) is 4.22. The Labute approximate surface area is 122 Å². The zero-order valence-corrected chi connectivity index (χ0v) is 12.3. The molecule has 0 spiro atoms. The molecule has 0 radical (unpaired) electrons. The van der Waals surface area contributed by atoms with Crippen LogP contribution >= 0.6 is 24.0 Å². The van der Waals surface area contributed by atoms with Gasteiger partial charge in [0.1, 0.15) is 4.32 Å². The zero-order valence-electron chi connectivity index (χ0n) is 10.7. The number of benzene rings is 1. The number of allylic oxidation sites excluding steroid dienone is 2. The van der Waals surface area contributed by atoms with Gasteiger partial charge in [0.05, 0.1) is 4.91 Å². The van der Waals surface area contributed by atoms with Crippen LogP contribution < -0.4 is 10.2 Å². The minimum absolute atomic E-state index is 0.123. The molecular formula is C14H14N2OS2. The van der Waals surface area contributed by atoms with Gasteiger partial charge >= 0.3 is 0 Å². The summed E-state index contributed by atoms with van der Waals surface area (Å²) in [5, 5.41) is 2.58. The molecule has 1 saturated heterocycles. The molecule has 1 fully saturated rings. The van der Waals surface area contributed by atoms with Gasteiger partial charge in [0, 0.05) is 19.8 Å². The Hall–Kier alpha value is -1.59. The Balaban J connectivity index is 2.05. The van der Waals surface area contributed by atoms with Crippen LogP contribution in [0, 0.1) is 0 Å². The van der Waals surface area contributed by atoms with E-state index in [2.05, 4.69) is 22.3 Å². The van der Waals surface area contributed by atoms with Gasteiger partial charge in [0.25, 0.3) is 5.91 Å². The second kappa shape index (κ2) is 6.04. The van der Waals surface area contributed by atoms with Crippen molar-refractivity contribution < 1.29 is 4.79 Å². The number of thiocarbonyl (C=S) groups is 1. The fourth-order valence-electron chi connectivity index (χ4n) is 1.57. The molecule has 1 aromatic rings. The summed E-state index contributed by atoms with van der Waals surface area (Å²) in [4.78, 5) is 14.1. The monoisotopic (exact) mass is 290 g/mol. The maximum absolute atomic E-state index is 11.4. The molecule has 1 amide bonds. The average Bonchev–Trinajstić information content (AvgIpc) is 2.68. The molecule has 0 unspecified atom stereocenters. The van der Waals surface area contributed by atoms with E-state index < -0.39 is 0 Å². The fraction of sp³-hybridized carbons (Fsp3) is 0.143. The van der Waals surface area contributed by atoms with Crippen molar-refractivity contribution >= 4 is 46.0 Å². The third-order valence-electron chi connectivity index (χ3n) is 2.59. The quantitative estimate of drug-likeness (QED) is 0.685. The van der Waals surface area contributed by atoms with E-state index in [-0.39, 0.29) is 5.91 Å². The van der Waals surface area contributed by atoms with Crippen molar-refractivity contribution in [1.29, 1.82) is 0 Å². The van der Waals surface area contributed by atoms with Crippen LogP contribution in [0.3, 0.4) is 0 Å². The minimum atomic E-state index is -0.123. The SMILES string of the molecule is CN(C)c1ccc(/C=C/C=C2\SC(=S)NC2=O)cc1. The van der Waals surface area contributed by atoms with Crippen molar-refractivity contribution in [2.24, 2.45) is 0 Å². The number of amides is 1. The predicted octanol–water partition coefficient (Wildman–Crippen LogP) is 2.80. The van der Waals surface area contributed by atoms with Crippen LogP contribution in [0.15, 0.2) is 41.3 Å². The zero-order chi connectivity index (χ0) is 13.8. The van der Waals surface area contributed by atoms with Gasteiger partial charge in [-0.3, -0.25) is 4.79 Å². The highest BCUT2D eigenvalue weighted by Gasteiger charge is 2.20. The normalized spacial score (nSPS) is 17.3. The Morgan fingerprint density at radius 2 is 1.95 bits per heavy atom. The average molecular weight is 290 g/mol. The van der Waals surface area contributed by atoms with E-state index in [9.17, 15) is 4.79 Å². The molecule has 0 aliphatic carbocycles. The highest BCUT2D eigenvalue weighted by atomic mass is 32.2. The van der Waals surface area contributed by atoms with Gasteiger partial charge in [-0.1, -0.05) is 48.3 Å². The van der Waals surface area contributed by atoms with Crippen LogP contribution in [0.2, 0.25) is 0 Å². The molecule has 2 rings (SSSR count). The molecule has 5 heteroatoms. The number of thioether (sulfide) groups is 1. The van der Waals surface area contributed by atoms with Crippen molar-refractivity contribution in [3.05, 3.63) is 46.9 Å². The minimum Gasteiger partial charge on any atom is -0.378 e. The first-order valence-electron chi connectivity index (χ1n) is 5.75. The molecule has 3 nitrogen and oxygen atoms in total. The molecule has 19 heavy (non-hydrogen) atoms. The Morgan fingerprint density at radius 3 is 2.47 bits per heavy atom. The summed E-state index contributed by atoms with van der Waals surface area (Å²) < 4.78 is 0.514. The van der Waals surface area contributed by atoms with Gasteiger partial charge < -0.3 is 10.2 Å². The van der Waals surface area contributed by atoms with E-state index in [0.717, 1.165) is 11.3 Å². The summed E-state index contributed by atoms with van der Waals surface area (Å²) >= 11 is 6.21. The maximum Gasteiger partial charge on any atom is 0.263 e. The number of hydrogen-bond donors (Lipinski definition) is 1. The summed E-state index contributed by atoms with van der Waals surface area (Å²) in [6.07, 6.45) is 5.60. The van der Waals surface area contributed by atoms with Crippen molar-refractivity contribution in [2.45, 2.75) is 0 Å². The smallest absolute Gasteiger partial charge is 0.263 e. The Kier molecular flexibility index (Phi) is 4.39. The van der Waals surface area contributed by atoms with Gasteiger partial charge in [-0.05, 0) is 23.8 Å². The summed E-state index contributed by atoms with van der Waals surface area (Å²) in [6, 6.07) is 8.19. The van der Waals surface area contributed by atoms with Crippen molar-refractivity contribution in [3.63, 3.8) is 0 Å². The first-order chi connectivity index (χ1) is 9.06. The lowest BCUT2D eigenvalue weighted by Crippen LogP contribution is -2.17. The molecule has 1 aliphatic rings. The lowest BCUT2D eigenvalue weighted by atomic mass is 10.2. The van der Waals surface area contributed by atoms with Crippen molar-refractivity contribution in [1.82, 2.24) is 5.32 Å². The standard InChI is InChI=1S/C14H14N2OS2/c1-16(2)11-8-6-10(7-9-11)4-3-5-12-13(17)15-14(18)19-12/h3-9H,1-2H3,(H,15,17,18)/b4-3+,12-5-. The lowest BCUT2D eigenvalue weighted by molar-refractivity contribution is -0.115. The van der Waals surface area contributed by atoms with Gasteiger partial charge in [-0.2, -0.15) is 0 Å². The van der Waals surface area contributed by atoms with Gasteiger partial charge in [0.2, 0.25) is 0 Å². The number of carbonyl (C=O) groups excluding carboxylic acids is 1. The molecule has 1 N–H and O–H groups in total. The molecule has 0 atom stereocenters. The summed E-state index contributed by atoms with van der Waals surface area (Å²) in [7, 11) is 4.02. The Bertz CT molecular complexity index is 559. The molecular weight excluding hydrogens is 276 g/mol. The van der Waals surface area contributed by atoms with E-state index in [4.69, 9.17) is 12.2 Å². The van der Waals surface area contributed by atoms with Crippen molar-refractivity contribution in [2.75, 3.05) is 19.0 Å². The number of anilines is 1. The van der Waals surface area contributed by atoms with E-state index >= 15 is 0 Å².